The fourth-order valence-electron chi connectivity index (χ4n) is 2.60. The van der Waals surface area contributed by atoms with Gasteiger partial charge in [-0.05, 0) is 25.8 Å². The molecule has 21 heavy (non-hydrogen) atoms. The second kappa shape index (κ2) is 6.52. The number of halogens is 1. The number of carboxylic acids is 1. The highest BCUT2D eigenvalue weighted by atomic mass is 19.1. The minimum atomic E-state index is -0.974. The minimum Gasteiger partial charge on any atom is -0.481 e. The molecule has 1 aliphatic rings. The second-order valence-corrected chi connectivity index (χ2v) is 5.25. The van der Waals surface area contributed by atoms with Gasteiger partial charge in [-0.1, -0.05) is 30.4 Å². The first-order chi connectivity index (χ1) is 10.0. The van der Waals surface area contributed by atoms with Crippen LogP contribution >= 0.6 is 0 Å². The summed E-state index contributed by atoms with van der Waals surface area (Å²) >= 11 is 0. The Hall–Kier alpha value is -2.17. The summed E-state index contributed by atoms with van der Waals surface area (Å²) in [5, 5.41) is 11.9. The van der Waals surface area contributed by atoms with Crippen LogP contribution in [0.4, 0.5) is 4.39 Å². The van der Waals surface area contributed by atoms with Crippen LogP contribution in [0, 0.1) is 17.7 Å². The topological polar surface area (TPSA) is 66.4 Å². The highest BCUT2D eigenvalue weighted by Gasteiger charge is 2.34. The van der Waals surface area contributed by atoms with Gasteiger partial charge >= 0.3 is 5.97 Å². The van der Waals surface area contributed by atoms with Gasteiger partial charge in [-0.2, -0.15) is 0 Å². The lowest BCUT2D eigenvalue weighted by atomic mass is 9.82. The van der Waals surface area contributed by atoms with Crippen molar-refractivity contribution in [2.24, 2.45) is 11.8 Å². The molecule has 0 radical (unpaired) electrons. The molecule has 0 fully saturated rings. The van der Waals surface area contributed by atoms with Crippen molar-refractivity contribution in [3.05, 3.63) is 47.8 Å². The predicted molar refractivity (Wildman–Crippen MR) is 75.9 cm³/mol. The highest BCUT2D eigenvalue weighted by Crippen LogP contribution is 2.27. The van der Waals surface area contributed by atoms with Gasteiger partial charge in [0.1, 0.15) is 5.82 Å². The van der Waals surface area contributed by atoms with Gasteiger partial charge in [-0.25, -0.2) is 4.39 Å². The molecular formula is C16H18FNO3. The van der Waals surface area contributed by atoms with Crippen molar-refractivity contribution in [3.63, 3.8) is 0 Å². The van der Waals surface area contributed by atoms with Crippen molar-refractivity contribution in [1.82, 2.24) is 5.32 Å². The zero-order valence-electron chi connectivity index (χ0n) is 11.8. The van der Waals surface area contributed by atoms with Crippen molar-refractivity contribution >= 4 is 11.9 Å². The lowest BCUT2D eigenvalue weighted by Gasteiger charge is -2.26. The van der Waals surface area contributed by atoms with Crippen molar-refractivity contribution < 1.29 is 19.1 Å². The molecule has 1 aromatic carbocycles. The van der Waals surface area contributed by atoms with Gasteiger partial charge in [0.2, 0.25) is 5.91 Å². The quantitative estimate of drug-likeness (QED) is 0.838. The van der Waals surface area contributed by atoms with E-state index in [4.69, 9.17) is 0 Å². The van der Waals surface area contributed by atoms with Crippen LogP contribution in [0.2, 0.25) is 0 Å². The molecule has 0 bridgehead atoms. The van der Waals surface area contributed by atoms with Crippen molar-refractivity contribution in [3.8, 4) is 0 Å². The molecule has 1 aromatic rings. The van der Waals surface area contributed by atoms with Gasteiger partial charge < -0.3 is 10.4 Å². The monoisotopic (exact) mass is 291 g/mol. The van der Waals surface area contributed by atoms with Gasteiger partial charge in [-0.3, -0.25) is 9.59 Å². The van der Waals surface area contributed by atoms with E-state index in [0.717, 1.165) is 0 Å². The molecule has 0 aliphatic heterocycles. The number of hydrogen-bond donors (Lipinski definition) is 2. The Kier molecular flexibility index (Phi) is 4.73. The maximum atomic E-state index is 13.7. The molecule has 0 saturated carbocycles. The van der Waals surface area contributed by atoms with Crippen LogP contribution in [-0.4, -0.2) is 17.0 Å². The third kappa shape index (κ3) is 3.48. The first-order valence-electron chi connectivity index (χ1n) is 6.93. The van der Waals surface area contributed by atoms with Gasteiger partial charge in [0.15, 0.2) is 0 Å². The minimum absolute atomic E-state index is 0.345. The van der Waals surface area contributed by atoms with Crippen LogP contribution in [0.5, 0.6) is 0 Å². The Bertz CT molecular complexity index is 570. The standard InChI is InChI=1S/C16H18FNO3/c1-10(11-6-4-5-9-14(11)17)18-15(19)12-7-2-3-8-13(12)16(20)21/h2-6,9-10,12-13H,7-8H2,1H3,(H,18,19)(H,20,21)/t10-,12?,13?/m0/s1. The Morgan fingerprint density at radius 1 is 1.24 bits per heavy atom. The Morgan fingerprint density at radius 2 is 1.86 bits per heavy atom. The second-order valence-electron chi connectivity index (χ2n) is 5.25. The SMILES string of the molecule is C[C@H](NC(=O)C1CC=CCC1C(=O)O)c1ccccc1F. The highest BCUT2D eigenvalue weighted by molar-refractivity contribution is 5.85. The van der Waals surface area contributed by atoms with Crippen molar-refractivity contribution in [2.45, 2.75) is 25.8 Å². The number of carbonyl (C=O) groups is 2. The van der Waals surface area contributed by atoms with Crippen LogP contribution in [0.3, 0.4) is 0 Å². The van der Waals surface area contributed by atoms with E-state index in [9.17, 15) is 19.1 Å². The van der Waals surface area contributed by atoms with Crippen LogP contribution in [0.1, 0.15) is 31.4 Å². The number of carboxylic acid groups (broad SMARTS) is 1. The lowest BCUT2D eigenvalue weighted by Crippen LogP contribution is -2.39. The molecule has 0 heterocycles. The molecule has 1 amide bonds. The van der Waals surface area contributed by atoms with Crippen molar-refractivity contribution in [2.75, 3.05) is 0 Å². The molecule has 112 valence electrons. The smallest absolute Gasteiger partial charge is 0.307 e. The number of hydrogen-bond acceptors (Lipinski definition) is 2. The average Bonchev–Trinajstić information content (AvgIpc) is 2.47. The number of benzene rings is 1. The van der Waals surface area contributed by atoms with Crippen molar-refractivity contribution in [1.29, 1.82) is 0 Å². The number of aliphatic carboxylic acids is 1. The Morgan fingerprint density at radius 3 is 2.48 bits per heavy atom. The summed E-state index contributed by atoms with van der Waals surface area (Å²) in [5.74, 6) is -3.03. The summed E-state index contributed by atoms with van der Waals surface area (Å²) in [6.07, 6.45) is 4.34. The predicted octanol–water partition coefficient (Wildman–Crippen LogP) is 2.67. The molecule has 4 nitrogen and oxygen atoms in total. The molecule has 0 saturated heterocycles. The number of amides is 1. The van der Waals surface area contributed by atoms with E-state index in [1.165, 1.54) is 6.07 Å². The summed E-state index contributed by atoms with van der Waals surface area (Å²) in [6, 6.07) is 5.72. The number of nitrogens with one attached hydrogen (secondary N) is 1. The molecule has 2 rings (SSSR count). The zero-order valence-corrected chi connectivity index (χ0v) is 11.8. The van der Waals surface area contributed by atoms with Gasteiger partial charge in [0.25, 0.3) is 0 Å². The summed E-state index contributed by atoms with van der Waals surface area (Å²) < 4.78 is 13.7. The molecule has 2 N–H and O–H groups in total. The maximum Gasteiger partial charge on any atom is 0.307 e. The number of carbonyl (C=O) groups excluding carboxylic acids is 1. The van der Waals surface area contributed by atoms with Gasteiger partial charge in [0.05, 0.1) is 17.9 Å². The molecule has 1 aliphatic carbocycles. The molecule has 0 spiro atoms. The van der Waals surface area contributed by atoms with Gasteiger partial charge in [-0.15, -0.1) is 0 Å². The van der Waals surface area contributed by atoms with E-state index in [1.54, 1.807) is 31.2 Å². The zero-order chi connectivity index (χ0) is 15.4. The average molecular weight is 291 g/mol. The fraction of sp³-hybridized carbons (Fsp3) is 0.375. The molecule has 5 heteroatoms. The van der Waals surface area contributed by atoms with E-state index in [1.807, 2.05) is 6.08 Å². The van der Waals surface area contributed by atoms with Gasteiger partial charge in [0, 0.05) is 5.56 Å². The lowest BCUT2D eigenvalue weighted by molar-refractivity contribution is -0.147. The van der Waals surface area contributed by atoms with E-state index in [-0.39, 0.29) is 11.7 Å². The molecule has 0 aromatic heterocycles. The number of allylic oxidation sites excluding steroid dienone is 2. The summed E-state index contributed by atoms with van der Waals surface area (Å²) in [4.78, 5) is 23.5. The summed E-state index contributed by atoms with van der Waals surface area (Å²) in [7, 11) is 0. The molecule has 3 atom stereocenters. The van der Waals surface area contributed by atoms with Crippen LogP contribution < -0.4 is 5.32 Å². The van der Waals surface area contributed by atoms with E-state index < -0.39 is 23.8 Å². The van der Waals surface area contributed by atoms with E-state index in [0.29, 0.717) is 18.4 Å². The third-order valence-electron chi connectivity index (χ3n) is 3.82. The van der Waals surface area contributed by atoms with E-state index >= 15 is 0 Å². The van der Waals surface area contributed by atoms with Crippen LogP contribution in [-0.2, 0) is 9.59 Å². The van der Waals surface area contributed by atoms with Crippen LogP contribution in [0.25, 0.3) is 0 Å². The van der Waals surface area contributed by atoms with Crippen LogP contribution in [0.15, 0.2) is 36.4 Å². The first-order valence-corrected chi connectivity index (χ1v) is 6.93. The first kappa shape index (κ1) is 15.2. The maximum absolute atomic E-state index is 13.7. The largest absolute Gasteiger partial charge is 0.481 e. The summed E-state index contributed by atoms with van der Waals surface area (Å²) in [5.41, 5.74) is 0.393. The fourth-order valence-corrected chi connectivity index (χ4v) is 2.60. The summed E-state index contributed by atoms with van der Waals surface area (Å²) in [6.45, 7) is 1.69. The molecule has 2 unspecified atom stereocenters. The Balaban J connectivity index is 2.08. The Labute approximate surface area is 122 Å². The molecular weight excluding hydrogens is 273 g/mol. The normalized spacial score (nSPS) is 22.6. The third-order valence-corrected chi connectivity index (χ3v) is 3.82. The number of rotatable bonds is 4. The van der Waals surface area contributed by atoms with E-state index in [2.05, 4.69) is 5.32 Å².